The first-order valence-electron chi connectivity index (χ1n) is 6.32. The van der Waals surface area contributed by atoms with Gasteiger partial charge in [-0.1, -0.05) is 12.1 Å². The van der Waals surface area contributed by atoms with Crippen LogP contribution in [0.1, 0.15) is 11.1 Å². The third-order valence-corrected chi connectivity index (χ3v) is 2.64. The van der Waals surface area contributed by atoms with Crippen LogP contribution in [-0.4, -0.2) is 40.6 Å². The highest BCUT2D eigenvalue weighted by molar-refractivity contribution is 5.37. The fourth-order valence-corrected chi connectivity index (χ4v) is 1.60. The van der Waals surface area contributed by atoms with Crippen molar-refractivity contribution in [3.05, 3.63) is 29.3 Å². The van der Waals surface area contributed by atoms with Gasteiger partial charge in [0.1, 0.15) is 5.75 Å². The van der Waals surface area contributed by atoms with E-state index in [2.05, 4.69) is 0 Å². The van der Waals surface area contributed by atoms with Gasteiger partial charge in [-0.25, -0.2) is 0 Å². The van der Waals surface area contributed by atoms with Crippen LogP contribution >= 0.6 is 0 Å². The van der Waals surface area contributed by atoms with E-state index in [9.17, 15) is 0 Å². The van der Waals surface area contributed by atoms with Crippen LogP contribution in [0.2, 0.25) is 0 Å². The molecule has 0 spiro atoms. The summed E-state index contributed by atoms with van der Waals surface area (Å²) in [6, 6.07) is 5.91. The predicted octanol–water partition coefficient (Wildman–Crippen LogP) is 1.33. The van der Waals surface area contributed by atoms with Crippen LogP contribution in [0.25, 0.3) is 0 Å². The number of hydrogen-bond donors (Lipinski definition) is 1. The minimum atomic E-state index is 0.470. The summed E-state index contributed by atoms with van der Waals surface area (Å²) in [4.78, 5) is 0. The van der Waals surface area contributed by atoms with Crippen molar-refractivity contribution in [3.8, 4) is 5.75 Å². The fourth-order valence-electron chi connectivity index (χ4n) is 1.60. The number of hydrogen-bond acceptors (Lipinski definition) is 5. The van der Waals surface area contributed by atoms with E-state index in [0.717, 1.165) is 16.9 Å². The second-order valence-corrected chi connectivity index (χ2v) is 4.01. The van der Waals surface area contributed by atoms with Crippen molar-refractivity contribution < 1.29 is 18.9 Å². The predicted molar refractivity (Wildman–Crippen MR) is 73.2 cm³/mol. The third-order valence-electron chi connectivity index (χ3n) is 2.64. The zero-order valence-corrected chi connectivity index (χ0v) is 11.7. The molecule has 0 aliphatic rings. The highest BCUT2D eigenvalue weighted by Crippen LogP contribution is 2.20. The first kappa shape index (κ1) is 15.9. The lowest BCUT2D eigenvalue weighted by Crippen LogP contribution is -2.08. The molecule has 0 saturated heterocycles. The van der Waals surface area contributed by atoms with Gasteiger partial charge < -0.3 is 24.7 Å². The Labute approximate surface area is 114 Å². The molecule has 0 aliphatic carbocycles. The summed E-state index contributed by atoms with van der Waals surface area (Å²) in [6.07, 6.45) is 0. The summed E-state index contributed by atoms with van der Waals surface area (Å²) in [7, 11) is 3.29. The molecule has 0 heterocycles. The van der Waals surface area contributed by atoms with Crippen molar-refractivity contribution in [2.75, 3.05) is 40.6 Å². The Kier molecular flexibility index (Phi) is 8.16. The molecule has 0 aromatic heterocycles. The molecule has 0 aliphatic heterocycles. The maximum absolute atomic E-state index is 5.62. The number of rotatable bonds is 10. The monoisotopic (exact) mass is 269 g/mol. The van der Waals surface area contributed by atoms with Crippen molar-refractivity contribution >= 4 is 0 Å². The quantitative estimate of drug-likeness (QED) is 0.649. The van der Waals surface area contributed by atoms with Gasteiger partial charge in [0, 0.05) is 19.2 Å². The Morgan fingerprint density at radius 1 is 1.00 bits per heavy atom. The van der Waals surface area contributed by atoms with Crippen molar-refractivity contribution in [2.24, 2.45) is 5.73 Å². The number of methoxy groups -OCH3 is 2. The summed E-state index contributed by atoms with van der Waals surface area (Å²) in [5.41, 5.74) is 7.67. The van der Waals surface area contributed by atoms with Crippen LogP contribution in [-0.2, 0) is 27.4 Å². The van der Waals surface area contributed by atoms with Crippen LogP contribution in [0.15, 0.2) is 18.2 Å². The first-order valence-corrected chi connectivity index (χ1v) is 6.32. The van der Waals surface area contributed by atoms with Crippen molar-refractivity contribution in [1.29, 1.82) is 0 Å². The average molecular weight is 269 g/mol. The summed E-state index contributed by atoms with van der Waals surface area (Å²) >= 11 is 0. The molecular formula is C14H23NO4. The van der Waals surface area contributed by atoms with Crippen LogP contribution in [0.3, 0.4) is 0 Å². The fraction of sp³-hybridized carbons (Fsp3) is 0.571. The molecule has 0 amide bonds. The summed E-state index contributed by atoms with van der Waals surface area (Å²) < 4.78 is 21.0. The van der Waals surface area contributed by atoms with E-state index >= 15 is 0 Å². The maximum atomic E-state index is 5.62. The molecule has 5 nitrogen and oxygen atoms in total. The van der Waals surface area contributed by atoms with E-state index in [0.29, 0.717) is 39.6 Å². The van der Waals surface area contributed by atoms with E-state index in [-0.39, 0.29) is 0 Å². The number of ether oxygens (including phenoxy) is 4. The second kappa shape index (κ2) is 9.75. The van der Waals surface area contributed by atoms with Crippen molar-refractivity contribution in [3.63, 3.8) is 0 Å². The molecule has 19 heavy (non-hydrogen) atoms. The van der Waals surface area contributed by atoms with Gasteiger partial charge in [-0.05, 0) is 11.6 Å². The molecule has 2 N–H and O–H groups in total. The van der Waals surface area contributed by atoms with Gasteiger partial charge in [-0.3, -0.25) is 0 Å². The molecule has 0 atom stereocenters. The second-order valence-electron chi connectivity index (χ2n) is 4.01. The van der Waals surface area contributed by atoms with Gasteiger partial charge in [0.2, 0.25) is 0 Å². The lowest BCUT2D eigenvalue weighted by molar-refractivity contribution is 0.0199. The molecule has 0 radical (unpaired) electrons. The first-order chi connectivity index (χ1) is 9.31. The molecule has 1 rings (SSSR count). The number of nitrogens with two attached hydrogens (primary N) is 1. The Morgan fingerprint density at radius 2 is 1.74 bits per heavy atom. The number of benzene rings is 1. The molecule has 0 bridgehead atoms. The molecule has 0 saturated carbocycles. The smallest absolute Gasteiger partial charge is 0.123 e. The lowest BCUT2D eigenvalue weighted by Gasteiger charge is -2.10. The van der Waals surface area contributed by atoms with Crippen LogP contribution < -0.4 is 10.5 Å². The largest absolute Gasteiger partial charge is 0.496 e. The zero-order valence-electron chi connectivity index (χ0n) is 11.7. The van der Waals surface area contributed by atoms with Crippen LogP contribution in [0.5, 0.6) is 5.75 Å². The maximum Gasteiger partial charge on any atom is 0.123 e. The van der Waals surface area contributed by atoms with Crippen molar-refractivity contribution in [1.82, 2.24) is 0 Å². The zero-order chi connectivity index (χ0) is 13.9. The van der Waals surface area contributed by atoms with Crippen LogP contribution in [0.4, 0.5) is 0 Å². The third kappa shape index (κ3) is 6.02. The molecule has 0 fully saturated rings. The summed E-state index contributed by atoms with van der Waals surface area (Å²) in [5, 5.41) is 0. The SMILES string of the molecule is COCCOCCOCc1ccc(CN)c(OC)c1. The minimum Gasteiger partial charge on any atom is -0.496 e. The highest BCUT2D eigenvalue weighted by Gasteiger charge is 2.03. The molecule has 108 valence electrons. The Bertz CT molecular complexity index is 357. The van der Waals surface area contributed by atoms with E-state index < -0.39 is 0 Å². The topological polar surface area (TPSA) is 62.9 Å². The van der Waals surface area contributed by atoms with Gasteiger partial charge in [0.25, 0.3) is 0 Å². The molecular weight excluding hydrogens is 246 g/mol. The van der Waals surface area contributed by atoms with E-state index in [1.165, 1.54) is 0 Å². The Balaban J connectivity index is 2.26. The Hall–Kier alpha value is -1.14. The van der Waals surface area contributed by atoms with E-state index in [1.54, 1.807) is 14.2 Å². The average Bonchev–Trinajstić information content (AvgIpc) is 2.46. The van der Waals surface area contributed by atoms with Gasteiger partial charge >= 0.3 is 0 Å². The highest BCUT2D eigenvalue weighted by atomic mass is 16.5. The van der Waals surface area contributed by atoms with Crippen LogP contribution in [0, 0.1) is 0 Å². The molecule has 1 aromatic carbocycles. The minimum absolute atomic E-state index is 0.470. The van der Waals surface area contributed by atoms with Gasteiger partial charge in [-0.2, -0.15) is 0 Å². The van der Waals surface area contributed by atoms with E-state index in [4.69, 9.17) is 24.7 Å². The van der Waals surface area contributed by atoms with Gasteiger partial charge in [0.15, 0.2) is 0 Å². The summed E-state index contributed by atoms with van der Waals surface area (Å²) in [5.74, 6) is 0.806. The van der Waals surface area contributed by atoms with E-state index in [1.807, 2.05) is 18.2 Å². The Morgan fingerprint density at radius 3 is 2.42 bits per heavy atom. The van der Waals surface area contributed by atoms with Crippen molar-refractivity contribution in [2.45, 2.75) is 13.2 Å². The lowest BCUT2D eigenvalue weighted by atomic mass is 10.1. The summed E-state index contributed by atoms with van der Waals surface area (Å²) in [6.45, 7) is 3.34. The normalized spacial score (nSPS) is 10.7. The molecule has 0 unspecified atom stereocenters. The van der Waals surface area contributed by atoms with Gasteiger partial charge in [0.05, 0.1) is 40.1 Å². The standard InChI is InChI=1S/C14H23NO4/c1-16-5-6-18-7-8-19-11-12-3-4-13(10-15)14(9-12)17-2/h3-4,9H,5-8,10-11,15H2,1-2H3. The molecule has 1 aromatic rings. The van der Waals surface area contributed by atoms with Gasteiger partial charge in [-0.15, -0.1) is 0 Å². The molecule has 5 heteroatoms.